The molecule has 0 aliphatic rings. The van der Waals surface area contributed by atoms with E-state index in [1.54, 1.807) is 0 Å². The largest absolute Gasteiger partial charge is 0.480 e. The molecule has 0 radical (unpaired) electrons. The van der Waals surface area contributed by atoms with Crippen molar-refractivity contribution in [2.24, 2.45) is 0 Å². The third kappa shape index (κ3) is 3.92. The Hall–Kier alpha value is -0.830. The molecule has 1 atom stereocenters. The third-order valence-electron chi connectivity index (χ3n) is 2.03. The molecule has 0 spiro atoms. The Labute approximate surface area is 92.1 Å². The smallest absolute Gasteiger partial charge is 0.317 e. The maximum atomic E-state index is 10.5. The van der Waals surface area contributed by atoms with Crippen LogP contribution in [-0.2, 0) is 11.2 Å². The summed E-state index contributed by atoms with van der Waals surface area (Å²) in [5.74, 6) is -0.780. The number of carbonyl (C=O) groups is 1. The molecule has 76 valence electrons. The fourth-order valence-electron chi connectivity index (χ4n) is 1.25. The normalized spacial score (nSPS) is 12.4. The van der Waals surface area contributed by atoms with Gasteiger partial charge in [0.2, 0.25) is 0 Å². The van der Waals surface area contributed by atoms with E-state index in [9.17, 15) is 4.79 Å². The third-order valence-corrected chi connectivity index (χ3v) is 2.88. The van der Waals surface area contributed by atoms with Gasteiger partial charge < -0.3 is 5.11 Å². The second kappa shape index (κ2) is 5.81. The number of halogens is 1. The fourth-order valence-corrected chi connectivity index (χ4v) is 1.58. The van der Waals surface area contributed by atoms with Gasteiger partial charge in [-0.15, -0.1) is 0 Å². The average Bonchev–Trinajstić information content (AvgIpc) is 2.19. The number of carboxylic acid groups (broad SMARTS) is 1. The van der Waals surface area contributed by atoms with E-state index in [0.29, 0.717) is 6.42 Å². The second-order valence-corrected chi connectivity index (χ2v) is 4.29. The molecule has 3 heteroatoms. The first-order valence-corrected chi connectivity index (χ1v) is 5.52. The van der Waals surface area contributed by atoms with Gasteiger partial charge in [0.05, 0.1) is 0 Å². The molecule has 0 fully saturated rings. The molecular formula is C11H13BrO2. The summed E-state index contributed by atoms with van der Waals surface area (Å²) >= 11 is 3.12. The number of aliphatic carboxylic acids is 1. The van der Waals surface area contributed by atoms with Crippen LogP contribution in [0.15, 0.2) is 30.3 Å². The predicted molar refractivity (Wildman–Crippen MR) is 59.7 cm³/mol. The van der Waals surface area contributed by atoms with Gasteiger partial charge in [0.1, 0.15) is 4.83 Å². The molecule has 0 aromatic heterocycles. The van der Waals surface area contributed by atoms with Crippen LogP contribution in [0.4, 0.5) is 0 Å². The van der Waals surface area contributed by atoms with Crippen molar-refractivity contribution in [3.8, 4) is 0 Å². The van der Waals surface area contributed by atoms with Crippen molar-refractivity contribution in [2.75, 3.05) is 0 Å². The first-order valence-electron chi connectivity index (χ1n) is 4.61. The summed E-state index contributed by atoms with van der Waals surface area (Å²) < 4.78 is 0. The zero-order valence-electron chi connectivity index (χ0n) is 7.82. The molecule has 1 N–H and O–H groups in total. The van der Waals surface area contributed by atoms with Crippen molar-refractivity contribution in [3.05, 3.63) is 35.9 Å². The standard InChI is InChI=1S/C11H13BrO2/c12-10(11(13)14)8-4-7-9-5-2-1-3-6-9/h1-3,5-6,10H,4,7-8H2,(H,13,14)/t10-/m0/s1. The Balaban J connectivity index is 2.26. The second-order valence-electron chi connectivity index (χ2n) is 3.18. The van der Waals surface area contributed by atoms with Gasteiger partial charge in [-0.1, -0.05) is 46.3 Å². The zero-order chi connectivity index (χ0) is 10.4. The molecule has 0 aliphatic carbocycles. The number of aryl methyl sites for hydroxylation is 1. The van der Waals surface area contributed by atoms with Crippen molar-refractivity contribution in [3.63, 3.8) is 0 Å². The Morgan fingerprint density at radius 3 is 2.57 bits per heavy atom. The number of hydrogen-bond acceptors (Lipinski definition) is 1. The van der Waals surface area contributed by atoms with Gasteiger partial charge in [-0.2, -0.15) is 0 Å². The summed E-state index contributed by atoms with van der Waals surface area (Å²) in [6.07, 6.45) is 2.51. The van der Waals surface area contributed by atoms with Crippen LogP contribution in [-0.4, -0.2) is 15.9 Å². The SMILES string of the molecule is O=C(O)[C@@H](Br)CCCc1ccccc1. The van der Waals surface area contributed by atoms with E-state index >= 15 is 0 Å². The first-order chi connectivity index (χ1) is 6.70. The average molecular weight is 257 g/mol. The fraction of sp³-hybridized carbons (Fsp3) is 0.364. The van der Waals surface area contributed by atoms with Gasteiger partial charge in [0.15, 0.2) is 0 Å². The predicted octanol–water partition coefficient (Wildman–Crippen LogP) is 2.86. The molecule has 1 aromatic carbocycles. The summed E-state index contributed by atoms with van der Waals surface area (Å²) in [6.45, 7) is 0. The van der Waals surface area contributed by atoms with Crippen LogP contribution >= 0.6 is 15.9 Å². The number of carboxylic acids is 1. The van der Waals surface area contributed by atoms with Crippen molar-refractivity contribution in [2.45, 2.75) is 24.1 Å². The van der Waals surface area contributed by atoms with Crippen LogP contribution in [0.2, 0.25) is 0 Å². The lowest BCUT2D eigenvalue weighted by Gasteiger charge is -2.04. The molecule has 0 heterocycles. The Morgan fingerprint density at radius 1 is 1.36 bits per heavy atom. The van der Waals surface area contributed by atoms with Crippen LogP contribution in [0.3, 0.4) is 0 Å². The highest BCUT2D eigenvalue weighted by Gasteiger charge is 2.11. The van der Waals surface area contributed by atoms with Gasteiger partial charge >= 0.3 is 5.97 Å². The lowest BCUT2D eigenvalue weighted by molar-refractivity contribution is -0.136. The van der Waals surface area contributed by atoms with Gasteiger partial charge in [0, 0.05) is 0 Å². The summed E-state index contributed by atoms with van der Waals surface area (Å²) in [5.41, 5.74) is 1.26. The minimum absolute atomic E-state index is 0.411. The summed E-state index contributed by atoms with van der Waals surface area (Å²) in [5, 5.41) is 8.63. The molecule has 1 rings (SSSR count). The molecule has 14 heavy (non-hydrogen) atoms. The van der Waals surface area contributed by atoms with E-state index in [0.717, 1.165) is 12.8 Å². The van der Waals surface area contributed by atoms with Gasteiger partial charge in [-0.3, -0.25) is 4.79 Å². The quantitative estimate of drug-likeness (QED) is 0.823. The minimum Gasteiger partial charge on any atom is -0.480 e. The minimum atomic E-state index is -0.780. The Bertz CT molecular complexity index is 285. The van der Waals surface area contributed by atoms with Crippen LogP contribution in [0.25, 0.3) is 0 Å². The van der Waals surface area contributed by atoms with E-state index in [2.05, 4.69) is 28.1 Å². The number of rotatable bonds is 5. The van der Waals surface area contributed by atoms with Crippen molar-refractivity contribution in [1.82, 2.24) is 0 Å². The van der Waals surface area contributed by atoms with Crippen LogP contribution < -0.4 is 0 Å². The molecule has 0 amide bonds. The van der Waals surface area contributed by atoms with E-state index in [-0.39, 0.29) is 0 Å². The lowest BCUT2D eigenvalue weighted by Crippen LogP contribution is -2.12. The molecule has 0 aliphatic heterocycles. The zero-order valence-corrected chi connectivity index (χ0v) is 9.40. The molecule has 0 saturated heterocycles. The number of alkyl halides is 1. The molecule has 1 aromatic rings. The van der Waals surface area contributed by atoms with Crippen LogP contribution in [0.1, 0.15) is 18.4 Å². The first kappa shape index (κ1) is 11.2. The maximum Gasteiger partial charge on any atom is 0.317 e. The highest BCUT2D eigenvalue weighted by molar-refractivity contribution is 9.10. The highest BCUT2D eigenvalue weighted by Crippen LogP contribution is 2.11. The number of benzene rings is 1. The van der Waals surface area contributed by atoms with Crippen molar-refractivity contribution >= 4 is 21.9 Å². The van der Waals surface area contributed by atoms with Crippen LogP contribution in [0.5, 0.6) is 0 Å². The lowest BCUT2D eigenvalue weighted by atomic mass is 10.1. The van der Waals surface area contributed by atoms with Crippen molar-refractivity contribution < 1.29 is 9.90 Å². The van der Waals surface area contributed by atoms with E-state index in [4.69, 9.17) is 5.11 Å². The Kier molecular flexibility index (Phi) is 4.66. The molecule has 0 saturated carbocycles. The summed E-state index contributed by atoms with van der Waals surface area (Å²) in [7, 11) is 0. The van der Waals surface area contributed by atoms with E-state index < -0.39 is 10.8 Å². The highest BCUT2D eigenvalue weighted by atomic mass is 79.9. The van der Waals surface area contributed by atoms with Gasteiger partial charge in [-0.25, -0.2) is 0 Å². The molecular weight excluding hydrogens is 244 g/mol. The van der Waals surface area contributed by atoms with E-state index in [1.165, 1.54) is 5.56 Å². The van der Waals surface area contributed by atoms with Crippen LogP contribution in [0, 0.1) is 0 Å². The maximum absolute atomic E-state index is 10.5. The molecule has 0 bridgehead atoms. The van der Waals surface area contributed by atoms with Gasteiger partial charge in [0.25, 0.3) is 0 Å². The molecule has 2 nitrogen and oxygen atoms in total. The summed E-state index contributed by atoms with van der Waals surface area (Å²) in [6, 6.07) is 10.1. The summed E-state index contributed by atoms with van der Waals surface area (Å²) in [4.78, 5) is 10.1. The molecule has 0 unspecified atom stereocenters. The monoisotopic (exact) mass is 256 g/mol. The number of hydrogen-bond donors (Lipinski definition) is 1. The van der Waals surface area contributed by atoms with E-state index in [1.807, 2.05) is 18.2 Å². The Morgan fingerprint density at radius 2 is 2.00 bits per heavy atom. The van der Waals surface area contributed by atoms with Gasteiger partial charge in [-0.05, 0) is 24.8 Å². The van der Waals surface area contributed by atoms with Crippen molar-refractivity contribution in [1.29, 1.82) is 0 Å². The topological polar surface area (TPSA) is 37.3 Å².